The van der Waals surface area contributed by atoms with E-state index in [0.29, 0.717) is 18.0 Å². The van der Waals surface area contributed by atoms with Gasteiger partial charge in [0.25, 0.3) is 0 Å². The molecule has 4 nitrogen and oxygen atoms in total. The molecule has 21 heavy (non-hydrogen) atoms. The van der Waals surface area contributed by atoms with Gasteiger partial charge in [0, 0.05) is 17.0 Å². The fourth-order valence-electron chi connectivity index (χ4n) is 2.02. The number of hydrogen-bond acceptors (Lipinski definition) is 4. The third-order valence-electron chi connectivity index (χ3n) is 3.17. The SMILES string of the molecule is COc1cccc(S(=O)Cc2ccc(CN)c(OC)c2)c1. The smallest absolute Gasteiger partial charge is 0.123 e. The molecule has 0 saturated carbocycles. The summed E-state index contributed by atoms with van der Waals surface area (Å²) in [6, 6.07) is 13.0. The molecule has 0 aliphatic carbocycles. The van der Waals surface area contributed by atoms with E-state index in [1.165, 1.54) is 0 Å². The summed E-state index contributed by atoms with van der Waals surface area (Å²) in [4.78, 5) is 0.746. The Balaban J connectivity index is 2.19. The average Bonchev–Trinajstić information content (AvgIpc) is 2.54. The van der Waals surface area contributed by atoms with E-state index < -0.39 is 10.8 Å². The molecule has 5 heteroatoms. The number of methoxy groups -OCH3 is 2. The van der Waals surface area contributed by atoms with Crippen LogP contribution in [0.1, 0.15) is 11.1 Å². The normalized spacial score (nSPS) is 12.0. The van der Waals surface area contributed by atoms with Gasteiger partial charge in [-0.15, -0.1) is 0 Å². The second-order valence-corrected chi connectivity index (χ2v) is 5.97. The highest BCUT2D eigenvalue weighted by molar-refractivity contribution is 7.84. The molecule has 2 N–H and O–H groups in total. The van der Waals surface area contributed by atoms with E-state index in [4.69, 9.17) is 15.2 Å². The van der Waals surface area contributed by atoms with Crippen LogP contribution in [0, 0.1) is 0 Å². The van der Waals surface area contributed by atoms with E-state index in [1.54, 1.807) is 20.3 Å². The van der Waals surface area contributed by atoms with Gasteiger partial charge < -0.3 is 15.2 Å². The molecule has 1 unspecified atom stereocenters. The van der Waals surface area contributed by atoms with E-state index in [9.17, 15) is 4.21 Å². The molecule has 0 saturated heterocycles. The van der Waals surface area contributed by atoms with Crippen molar-refractivity contribution in [3.8, 4) is 11.5 Å². The highest BCUT2D eigenvalue weighted by atomic mass is 32.2. The fourth-order valence-corrected chi connectivity index (χ4v) is 3.15. The van der Waals surface area contributed by atoms with E-state index in [-0.39, 0.29) is 0 Å². The van der Waals surface area contributed by atoms with E-state index in [0.717, 1.165) is 21.8 Å². The third kappa shape index (κ3) is 3.83. The molecular formula is C16H19NO3S. The van der Waals surface area contributed by atoms with Crippen LogP contribution in [-0.4, -0.2) is 18.4 Å². The van der Waals surface area contributed by atoms with Gasteiger partial charge in [-0.1, -0.05) is 18.2 Å². The summed E-state index contributed by atoms with van der Waals surface area (Å²) in [5, 5.41) is 0. The fraction of sp³-hybridized carbons (Fsp3) is 0.250. The Morgan fingerprint density at radius 3 is 2.57 bits per heavy atom. The van der Waals surface area contributed by atoms with Crippen LogP contribution in [0.25, 0.3) is 0 Å². The molecule has 2 rings (SSSR count). The monoisotopic (exact) mass is 305 g/mol. The maximum atomic E-state index is 12.4. The zero-order chi connectivity index (χ0) is 15.2. The molecule has 0 aromatic heterocycles. The van der Waals surface area contributed by atoms with Gasteiger partial charge in [0.15, 0.2) is 0 Å². The van der Waals surface area contributed by atoms with Gasteiger partial charge in [-0.05, 0) is 29.8 Å². The summed E-state index contributed by atoms with van der Waals surface area (Å²) in [5.41, 5.74) is 7.53. The van der Waals surface area contributed by atoms with Crippen LogP contribution >= 0.6 is 0 Å². The first-order chi connectivity index (χ1) is 10.2. The highest BCUT2D eigenvalue weighted by Crippen LogP contribution is 2.23. The van der Waals surface area contributed by atoms with Crippen molar-refractivity contribution in [3.05, 3.63) is 53.6 Å². The van der Waals surface area contributed by atoms with Crippen molar-refractivity contribution in [2.75, 3.05) is 14.2 Å². The predicted molar refractivity (Wildman–Crippen MR) is 84.0 cm³/mol. The molecular weight excluding hydrogens is 286 g/mol. The summed E-state index contributed by atoms with van der Waals surface area (Å²) in [5.74, 6) is 1.86. The molecule has 0 spiro atoms. The average molecular weight is 305 g/mol. The van der Waals surface area contributed by atoms with Crippen molar-refractivity contribution in [1.82, 2.24) is 0 Å². The van der Waals surface area contributed by atoms with Gasteiger partial charge in [0.05, 0.1) is 30.8 Å². The number of benzene rings is 2. The van der Waals surface area contributed by atoms with Crippen LogP contribution in [-0.2, 0) is 23.1 Å². The van der Waals surface area contributed by atoms with Crippen molar-refractivity contribution in [2.45, 2.75) is 17.2 Å². The second-order valence-electron chi connectivity index (χ2n) is 4.52. The predicted octanol–water partition coefficient (Wildman–Crippen LogP) is 2.47. The lowest BCUT2D eigenvalue weighted by Crippen LogP contribution is -2.02. The molecule has 112 valence electrons. The molecule has 2 aromatic rings. The Bertz CT molecular complexity index is 643. The Morgan fingerprint density at radius 1 is 1.10 bits per heavy atom. The van der Waals surface area contributed by atoms with Crippen molar-refractivity contribution < 1.29 is 13.7 Å². The Hall–Kier alpha value is -1.85. The van der Waals surface area contributed by atoms with Crippen molar-refractivity contribution >= 4 is 10.8 Å². The Kier molecular flexibility index (Phi) is 5.36. The molecule has 0 amide bonds. The summed E-state index contributed by atoms with van der Waals surface area (Å²) in [6.07, 6.45) is 0. The lowest BCUT2D eigenvalue weighted by Gasteiger charge is -2.09. The summed E-state index contributed by atoms with van der Waals surface area (Å²) < 4.78 is 22.9. The quantitative estimate of drug-likeness (QED) is 0.890. The molecule has 0 heterocycles. The van der Waals surface area contributed by atoms with Crippen LogP contribution in [0.5, 0.6) is 11.5 Å². The summed E-state index contributed by atoms with van der Waals surface area (Å²) >= 11 is 0. The topological polar surface area (TPSA) is 61.5 Å². The van der Waals surface area contributed by atoms with Gasteiger partial charge >= 0.3 is 0 Å². The second kappa shape index (κ2) is 7.24. The van der Waals surface area contributed by atoms with Crippen LogP contribution in [0.3, 0.4) is 0 Å². The Morgan fingerprint density at radius 2 is 1.90 bits per heavy atom. The van der Waals surface area contributed by atoms with Crippen LogP contribution in [0.2, 0.25) is 0 Å². The third-order valence-corrected chi connectivity index (χ3v) is 4.55. The lowest BCUT2D eigenvalue weighted by atomic mass is 10.1. The highest BCUT2D eigenvalue weighted by Gasteiger charge is 2.09. The van der Waals surface area contributed by atoms with Crippen molar-refractivity contribution in [1.29, 1.82) is 0 Å². The number of rotatable bonds is 6. The van der Waals surface area contributed by atoms with Gasteiger partial charge in [0.2, 0.25) is 0 Å². The molecule has 0 aliphatic rings. The first-order valence-electron chi connectivity index (χ1n) is 6.56. The summed E-state index contributed by atoms with van der Waals surface area (Å²) in [7, 11) is 2.07. The van der Waals surface area contributed by atoms with Crippen LogP contribution in [0.15, 0.2) is 47.4 Å². The molecule has 0 radical (unpaired) electrons. The zero-order valence-corrected chi connectivity index (χ0v) is 13.0. The summed E-state index contributed by atoms with van der Waals surface area (Å²) in [6.45, 7) is 0.419. The van der Waals surface area contributed by atoms with E-state index in [1.807, 2.05) is 36.4 Å². The molecule has 0 bridgehead atoms. The van der Waals surface area contributed by atoms with Crippen LogP contribution < -0.4 is 15.2 Å². The van der Waals surface area contributed by atoms with Crippen molar-refractivity contribution in [2.24, 2.45) is 5.73 Å². The maximum absolute atomic E-state index is 12.4. The number of hydrogen-bond donors (Lipinski definition) is 1. The lowest BCUT2D eigenvalue weighted by molar-refractivity contribution is 0.409. The van der Waals surface area contributed by atoms with Gasteiger partial charge in [-0.3, -0.25) is 4.21 Å². The molecule has 2 aromatic carbocycles. The van der Waals surface area contributed by atoms with Crippen molar-refractivity contribution in [3.63, 3.8) is 0 Å². The van der Waals surface area contributed by atoms with E-state index >= 15 is 0 Å². The zero-order valence-electron chi connectivity index (χ0n) is 12.2. The molecule has 0 fully saturated rings. The van der Waals surface area contributed by atoms with Gasteiger partial charge in [-0.2, -0.15) is 0 Å². The standard InChI is InChI=1S/C16H19NO3S/c1-19-14-4-3-5-15(9-14)21(18)11-12-6-7-13(10-17)16(8-12)20-2/h3-9H,10-11,17H2,1-2H3. The van der Waals surface area contributed by atoms with E-state index in [2.05, 4.69) is 0 Å². The first kappa shape index (κ1) is 15.5. The largest absolute Gasteiger partial charge is 0.497 e. The first-order valence-corrected chi connectivity index (χ1v) is 7.88. The van der Waals surface area contributed by atoms with Gasteiger partial charge in [0.1, 0.15) is 11.5 Å². The minimum absolute atomic E-state index is 0.419. The molecule has 0 aliphatic heterocycles. The minimum Gasteiger partial charge on any atom is -0.497 e. The molecule has 1 atom stereocenters. The minimum atomic E-state index is -1.13. The number of ether oxygens (including phenoxy) is 2. The Labute approximate surface area is 127 Å². The van der Waals surface area contributed by atoms with Crippen LogP contribution in [0.4, 0.5) is 0 Å². The van der Waals surface area contributed by atoms with Gasteiger partial charge in [-0.25, -0.2) is 0 Å². The number of nitrogens with two attached hydrogens (primary N) is 1. The maximum Gasteiger partial charge on any atom is 0.123 e.